The van der Waals surface area contributed by atoms with Crippen LogP contribution in [0.15, 0.2) is 24.3 Å². The van der Waals surface area contributed by atoms with Crippen LogP contribution in [0.3, 0.4) is 0 Å². The average molecular weight is 164 g/mol. The van der Waals surface area contributed by atoms with Crippen molar-refractivity contribution in [2.24, 2.45) is 0 Å². The molecule has 2 aliphatic rings. The molecule has 0 bridgehead atoms. The molecule has 0 aliphatic carbocycles. The topological polar surface area (TPSA) is 40.6 Å². The van der Waals surface area contributed by atoms with Gasteiger partial charge in [-0.15, -0.1) is 0 Å². The van der Waals surface area contributed by atoms with Crippen LogP contribution in [-0.2, 0) is 9.59 Å². The Balaban J connectivity index is 2.11. The second-order valence-electron chi connectivity index (χ2n) is 2.65. The van der Waals surface area contributed by atoms with Crippen molar-refractivity contribution < 1.29 is 9.59 Å². The fourth-order valence-corrected chi connectivity index (χ4v) is 1.29. The monoisotopic (exact) mass is 164 g/mol. The van der Waals surface area contributed by atoms with E-state index >= 15 is 0 Å². The second kappa shape index (κ2) is 2.48. The van der Waals surface area contributed by atoms with Crippen molar-refractivity contribution in [2.75, 3.05) is 13.1 Å². The molecule has 2 aliphatic heterocycles. The molecule has 4 nitrogen and oxygen atoms in total. The van der Waals surface area contributed by atoms with Gasteiger partial charge in [0.2, 0.25) is 0 Å². The van der Waals surface area contributed by atoms with Crippen LogP contribution >= 0.6 is 0 Å². The fraction of sp³-hybridized carbons (Fsp3) is 0.250. The van der Waals surface area contributed by atoms with Gasteiger partial charge in [0, 0.05) is 12.2 Å². The normalized spacial score (nSPS) is 21.7. The molecule has 0 radical (unpaired) electrons. The average Bonchev–Trinajstić information content (AvgIpc) is 2.59. The molecule has 2 amide bonds. The van der Waals surface area contributed by atoms with E-state index in [1.807, 2.05) is 0 Å². The molecule has 0 saturated carbocycles. The van der Waals surface area contributed by atoms with Gasteiger partial charge in [0.15, 0.2) is 0 Å². The summed E-state index contributed by atoms with van der Waals surface area (Å²) in [7, 11) is 0. The summed E-state index contributed by atoms with van der Waals surface area (Å²) in [5.74, 6) is -0.237. The van der Waals surface area contributed by atoms with Crippen molar-refractivity contribution >= 4 is 11.8 Å². The molecule has 4 heteroatoms. The molecule has 62 valence electrons. The van der Waals surface area contributed by atoms with E-state index in [1.165, 1.54) is 22.2 Å². The van der Waals surface area contributed by atoms with E-state index in [1.54, 1.807) is 12.2 Å². The third-order valence-corrected chi connectivity index (χ3v) is 1.88. The van der Waals surface area contributed by atoms with Gasteiger partial charge >= 0.3 is 0 Å². The molecular weight excluding hydrogens is 156 g/mol. The number of carbonyl (C=O) groups is 2. The third-order valence-electron chi connectivity index (χ3n) is 1.88. The highest BCUT2D eigenvalue weighted by atomic mass is 16.2. The molecule has 0 saturated heterocycles. The van der Waals surface area contributed by atoms with Crippen molar-refractivity contribution in [3.8, 4) is 0 Å². The first-order valence-corrected chi connectivity index (χ1v) is 3.75. The van der Waals surface area contributed by atoms with Gasteiger partial charge in [-0.25, -0.2) is 10.0 Å². The maximum absolute atomic E-state index is 11.1. The molecule has 0 spiro atoms. The van der Waals surface area contributed by atoms with Gasteiger partial charge in [-0.3, -0.25) is 9.59 Å². The van der Waals surface area contributed by atoms with Crippen LogP contribution < -0.4 is 0 Å². The SMILES string of the molecule is O=C1C=CCN1N1CC=CC1=O. The number of carbonyl (C=O) groups excluding carboxylic acids is 2. The summed E-state index contributed by atoms with van der Waals surface area (Å²) in [5, 5.41) is 2.87. The molecule has 12 heavy (non-hydrogen) atoms. The van der Waals surface area contributed by atoms with E-state index in [9.17, 15) is 9.59 Å². The molecular formula is C8H8N2O2. The van der Waals surface area contributed by atoms with E-state index in [-0.39, 0.29) is 11.8 Å². The largest absolute Gasteiger partial charge is 0.268 e. The van der Waals surface area contributed by atoms with Crippen LogP contribution in [0.4, 0.5) is 0 Å². The van der Waals surface area contributed by atoms with E-state index < -0.39 is 0 Å². The molecule has 0 unspecified atom stereocenters. The van der Waals surface area contributed by atoms with E-state index in [4.69, 9.17) is 0 Å². The molecule has 2 rings (SSSR count). The minimum atomic E-state index is -0.118. The maximum Gasteiger partial charge on any atom is 0.265 e. The smallest absolute Gasteiger partial charge is 0.265 e. The summed E-state index contributed by atoms with van der Waals surface area (Å²) >= 11 is 0. The Labute approximate surface area is 69.7 Å². The van der Waals surface area contributed by atoms with Gasteiger partial charge in [0.1, 0.15) is 0 Å². The van der Waals surface area contributed by atoms with Crippen molar-refractivity contribution in [2.45, 2.75) is 0 Å². The Kier molecular flexibility index (Phi) is 1.46. The summed E-state index contributed by atoms with van der Waals surface area (Å²) in [4.78, 5) is 22.2. The van der Waals surface area contributed by atoms with E-state index in [0.717, 1.165) is 0 Å². The van der Waals surface area contributed by atoms with Crippen LogP contribution in [0.25, 0.3) is 0 Å². The third kappa shape index (κ3) is 0.922. The first-order valence-electron chi connectivity index (χ1n) is 3.75. The zero-order valence-corrected chi connectivity index (χ0v) is 6.43. The quantitative estimate of drug-likeness (QED) is 0.533. The first-order chi connectivity index (χ1) is 5.79. The van der Waals surface area contributed by atoms with Crippen LogP contribution in [0, 0.1) is 0 Å². The number of hydrogen-bond donors (Lipinski definition) is 0. The summed E-state index contributed by atoms with van der Waals surface area (Å²) in [5.41, 5.74) is 0. The van der Waals surface area contributed by atoms with Gasteiger partial charge in [0.05, 0.1) is 13.1 Å². The van der Waals surface area contributed by atoms with Gasteiger partial charge in [-0.1, -0.05) is 12.2 Å². The highest BCUT2D eigenvalue weighted by Crippen LogP contribution is 2.10. The maximum atomic E-state index is 11.1. The van der Waals surface area contributed by atoms with Crippen LogP contribution in [0.5, 0.6) is 0 Å². The number of hydrazine groups is 1. The molecule has 0 N–H and O–H groups in total. The van der Waals surface area contributed by atoms with Crippen LogP contribution in [0.2, 0.25) is 0 Å². The molecule has 2 heterocycles. The predicted molar refractivity (Wildman–Crippen MR) is 41.7 cm³/mol. The minimum Gasteiger partial charge on any atom is -0.268 e. The first kappa shape index (κ1) is 7.09. The lowest BCUT2D eigenvalue weighted by Crippen LogP contribution is -2.44. The summed E-state index contributed by atoms with van der Waals surface area (Å²) < 4.78 is 0. The lowest BCUT2D eigenvalue weighted by molar-refractivity contribution is -0.152. The summed E-state index contributed by atoms with van der Waals surface area (Å²) in [6.07, 6.45) is 6.44. The number of rotatable bonds is 1. The van der Waals surface area contributed by atoms with E-state index in [2.05, 4.69) is 0 Å². The minimum absolute atomic E-state index is 0.118. The number of hydrogen-bond acceptors (Lipinski definition) is 2. The Morgan fingerprint density at radius 1 is 0.917 bits per heavy atom. The van der Waals surface area contributed by atoms with Gasteiger partial charge < -0.3 is 0 Å². The lowest BCUT2D eigenvalue weighted by atomic mass is 10.6. The van der Waals surface area contributed by atoms with Gasteiger partial charge in [0.25, 0.3) is 11.8 Å². The zero-order valence-electron chi connectivity index (χ0n) is 6.43. The number of nitrogens with zero attached hydrogens (tertiary/aromatic N) is 2. The van der Waals surface area contributed by atoms with Crippen molar-refractivity contribution in [1.29, 1.82) is 0 Å². The van der Waals surface area contributed by atoms with Gasteiger partial charge in [-0.05, 0) is 0 Å². The predicted octanol–water partition coefficient (Wildman–Crippen LogP) is -0.302. The lowest BCUT2D eigenvalue weighted by Gasteiger charge is -2.26. The molecule has 0 atom stereocenters. The van der Waals surface area contributed by atoms with Crippen molar-refractivity contribution in [1.82, 2.24) is 10.0 Å². The standard InChI is InChI=1S/C8H8N2O2/c11-7-3-1-5-9(7)10-6-2-4-8(10)12/h1-4H,5-6H2. The Bertz CT molecular complexity index is 263. The van der Waals surface area contributed by atoms with Crippen molar-refractivity contribution in [3.63, 3.8) is 0 Å². The van der Waals surface area contributed by atoms with Gasteiger partial charge in [-0.2, -0.15) is 0 Å². The van der Waals surface area contributed by atoms with Crippen LogP contribution in [0.1, 0.15) is 0 Å². The molecule has 0 fully saturated rings. The number of amides is 2. The Morgan fingerprint density at radius 2 is 1.33 bits per heavy atom. The Morgan fingerprint density at radius 3 is 1.58 bits per heavy atom. The summed E-state index contributed by atoms with van der Waals surface area (Å²) in [6, 6.07) is 0. The van der Waals surface area contributed by atoms with Crippen molar-refractivity contribution in [3.05, 3.63) is 24.3 Å². The molecule has 0 aromatic rings. The van der Waals surface area contributed by atoms with Crippen LogP contribution in [-0.4, -0.2) is 34.9 Å². The second-order valence-corrected chi connectivity index (χ2v) is 2.65. The highest BCUT2D eigenvalue weighted by molar-refractivity contribution is 5.95. The molecule has 0 aromatic heterocycles. The Hall–Kier alpha value is -1.58. The summed E-state index contributed by atoms with van der Waals surface area (Å²) in [6.45, 7) is 1.01. The van der Waals surface area contributed by atoms with E-state index in [0.29, 0.717) is 13.1 Å². The zero-order chi connectivity index (χ0) is 8.55. The highest BCUT2D eigenvalue weighted by Gasteiger charge is 2.26. The fourth-order valence-electron chi connectivity index (χ4n) is 1.29. The molecule has 0 aromatic carbocycles.